The summed E-state index contributed by atoms with van der Waals surface area (Å²) in [7, 11) is 0. The van der Waals surface area contributed by atoms with Gasteiger partial charge >= 0.3 is 5.97 Å². The summed E-state index contributed by atoms with van der Waals surface area (Å²) >= 11 is 5.75. The molecule has 0 spiro atoms. The van der Waals surface area contributed by atoms with E-state index in [9.17, 15) is 14.7 Å². The van der Waals surface area contributed by atoms with Crippen molar-refractivity contribution in [2.24, 2.45) is 0 Å². The Kier molecular flexibility index (Phi) is 4.95. The Morgan fingerprint density at radius 2 is 1.67 bits per heavy atom. The number of aliphatic carboxylic acids is 1. The molecule has 2 aromatic rings. The predicted molar refractivity (Wildman–Crippen MR) is 80.5 cm³/mol. The van der Waals surface area contributed by atoms with E-state index in [-0.39, 0.29) is 6.42 Å². The average Bonchev–Trinajstić information content (AvgIpc) is 2.48. The molecular formula is C16H14ClNO3. The summed E-state index contributed by atoms with van der Waals surface area (Å²) in [5, 5.41) is 12.3. The van der Waals surface area contributed by atoms with Crippen molar-refractivity contribution < 1.29 is 14.7 Å². The molecule has 0 saturated carbocycles. The number of benzene rings is 2. The molecule has 1 amide bonds. The number of carbonyl (C=O) groups is 2. The molecule has 0 aliphatic rings. The summed E-state index contributed by atoms with van der Waals surface area (Å²) in [6.07, 6.45) is 0.232. The average molecular weight is 304 g/mol. The fourth-order valence-electron chi connectivity index (χ4n) is 1.89. The van der Waals surface area contributed by atoms with Crippen LogP contribution >= 0.6 is 11.6 Å². The highest BCUT2D eigenvalue weighted by molar-refractivity contribution is 6.30. The monoisotopic (exact) mass is 303 g/mol. The number of amides is 1. The second-order valence-electron chi connectivity index (χ2n) is 4.56. The molecule has 5 heteroatoms. The molecule has 0 fully saturated rings. The Hall–Kier alpha value is -2.33. The maximum absolute atomic E-state index is 12.0. The van der Waals surface area contributed by atoms with Crippen molar-refractivity contribution in [1.82, 2.24) is 5.32 Å². The van der Waals surface area contributed by atoms with Crippen LogP contribution in [0.25, 0.3) is 0 Å². The lowest BCUT2D eigenvalue weighted by Crippen LogP contribution is -2.42. The fourth-order valence-corrected chi connectivity index (χ4v) is 2.02. The van der Waals surface area contributed by atoms with Gasteiger partial charge in [0, 0.05) is 17.0 Å². The zero-order chi connectivity index (χ0) is 15.2. The first-order valence-electron chi connectivity index (χ1n) is 6.39. The summed E-state index contributed by atoms with van der Waals surface area (Å²) in [6, 6.07) is 14.5. The second kappa shape index (κ2) is 6.90. The standard InChI is InChI=1S/C16H14ClNO3/c17-13-8-6-12(7-9-13)15(19)18-14(16(20)21)10-11-4-2-1-3-5-11/h1-9,14H,10H2,(H,18,19)(H,20,21)/t14-/m0/s1. The van der Waals surface area contributed by atoms with Crippen LogP contribution in [0.15, 0.2) is 54.6 Å². The molecule has 0 saturated heterocycles. The lowest BCUT2D eigenvalue weighted by molar-refractivity contribution is -0.139. The van der Waals surface area contributed by atoms with Crippen LogP contribution in [0.2, 0.25) is 5.02 Å². The number of hydrogen-bond donors (Lipinski definition) is 2. The minimum atomic E-state index is -1.07. The lowest BCUT2D eigenvalue weighted by Gasteiger charge is -2.14. The molecule has 0 aromatic heterocycles. The molecule has 2 N–H and O–H groups in total. The fraction of sp³-hybridized carbons (Fsp3) is 0.125. The van der Waals surface area contributed by atoms with E-state index in [1.807, 2.05) is 30.3 Å². The van der Waals surface area contributed by atoms with E-state index in [2.05, 4.69) is 5.32 Å². The molecule has 108 valence electrons. The van der Waals surface area contributed by atoms with Crippen LogP contribution in [0, 0.1) is 0 Å². The SMILES string of the molecule is O=C(N[C@@H](Cc1ccccc1)C(=O)O)c1ccc(Cl)cc1. The van der Waals surface area contributed by atoms with Crippen molar-refractivity contribution in [1.29, 1.82) is 0 Å². The molecule has 0 unspecified atom stereocenters. The summed E-state index contributed by atoms with van der Waals surface area (Å²) in [4.78, 5) is 23.3. The van der Waals surface area contributed by atoms with Crippen molar-refractivity contribution in [3.05, 3.63) is 70.7 Å². The van der Waals surface area contributed by atoms with Gasteiger partial charge in [-0.15, -0.1) is 0 Å². The van der Waals surface area contributed by atoms with Crippen LogP contribution < -0.4 is 5.32 Å². The number of halogens is 1. The summed E-state index contributed by atoms with van der Waals surface area (Å²) in [5.74, 6) is -1.50. The highest BCUT2D eigenvalue weighted by Crippen LogP contribution is 2.10. The van der Waals surface area contributed by atoms with Crippen molar-refractivity contribution in [2.45, 2.75) is 12.5 Å². The minimum absolute atomic E-state index is 0.232. The Balaban J connectivity index is 2.07. The van der Waals surface area contributed by atoms with E-state index in [1.54, 1.807) is 24.3 Å². The third-order valence-corrected chi connectivity index (χ3v) is 3.24. The van der Waals surface area contributed by atoms with E-state index in [1.165, 1.54) is 0 Å². The Bertz CT molecular complexity index is 626. The number of rotatable bonds is 5. The maximum Gasteiger partial charge on any atom is 0.326 e. The molecule has 0 bridgehead atoms. The number of carbonyl (C=O) groups excluding carboxylic acids is 1. The van der Waals surface area contributed by atoms with Crippen LogP contribution in [0.5, 0.6) is 0 Å². The molecule has 21 heavy (non-hydrogen) atoms. The zero-order valence-corrected chi connectivity index (χ0v) is 11.9. The molecule has 0 aliphatic carbocycles. The quantitative estimate of drug-likeness (QED) is 0.892. The molecule has 1 atom stereocenters. The topological polar surface area (TPSA) is 66.4 Å². The van der Waals surface area contributed by atoms with Crippen LogP contribution in [-0.4, -0.2) is 23.0 Å². The van der Waals surface area contributed by atoms with Gasteiger partial charge in [0.25, 0.3) is 5.91 Å². The minimum Gasteiger partial charge on any atom is -0.480 e. The molecule has 2 aromatic carbocycles. The van der Waals surface area contributed by atoms with Crippen LogP contribution in [0.1, 0.15) is 15.9 Å². The van der Waals surface area contributed by atoms with Crippen LogP contribution in [0.3, 0.4) is 0 Å². The number of hydrogen-bond acceptors (Lipinski definition) is 2. The number of nitrogens with one attached hydrogen (secondary N) is 1. The van der Waals surface area contributed by atoms with Gasteiger partial charge in [0.05, 0.1) is 0 Å². The third-order valence-electron chi connectivity index (χ3n) is 2.99. The first-order valence-corrected chi connectivity index (χ1v) is 6.77. The van der Waals surface area contributed by atoms with E-state index in [4.69, 9.17) is 11.6 Å². The number of carboxylic acid groups (broad SMARTS) is 1. The van der Waals surface area contributed by atoms with E-state index in [0.29, 0.717) is 10.6 Å². The van der Waals surface area contributed by atoms with Gasteiger partial charge in [0.2, 0.25) is 0 Å². The van der Waals surface area contributed by atoms with Gasteiger partial charge in [0.15, 0.2) is 0 Å². The van der Waals surface area contributed by atoms with Crippen molar-refractivity contribution in [2.75, 3.05) is 0 Å². The lowest BCUT2D eigenvalue weighted by atomic mass is 10.1. The van der Waals surface area contributed by atoms with E-state index < -0.39 is 17.9 Å². The third kappa shape index (κ3) is 4.33. The molecule has 0 radical (unpaired) electrons. The van der Waals surface area contributed by atoms with Crippen molar-refractivity contribution >= 4 is 23.5 Å². The van der Waals surface area contributed by atoms with Crippen LogP contribution in [-0.2, 0) is 11.2 Å². The van der Waals surface area contributed by atoms with Crippen molar-refractivity contribution in [3.63, 3.8) is 0 Å². The molecule has 0 aliphatic heterocycles. The Morgan fingerprint density at radius 3 is 2.24 bits per heavy atom. The summed E-state index contributed by atoms with van der Waals surface area (Å²) in [6.45, 7) is 0. The largest absolute Gasteiger partial charge is 0.480 e. The van der Waals surface area contributed by atoms with Crippen molar-refractivity contribution in [3.8, 4) is 0 Å². The summed E-state index contributed by atoms with van der Waals surface area (Å²) in [5.41, 5.74) is 1.22. The normalized spacial score (nSPS) is 11.7. The van der Waals surface area contributed by atoms with E-state index in [0.717, 1.165) is 5.56 Å². The molecule has 2 rings (SSSR count). The highest BCUT2D eigenvalue weighted by atomic mass is 35.5. The number of carboxylic acids is 1. The first-order chi connectivity index (χ1) is 10.1. The van der Waals surface area contributed by atoms with Gasteiger partial charge < -0.3 is 10.4 Å². The molecular weight excluding hydrogens is 290 g/mol. The van der Waals surface area contributed by atoms with Gasteiger partial charge in [0.1, 0.15) is 6.04 Å². The van der Waals surface area contributed by atoms with Gasteiger partial charge in [-0.1, -0.05) is 41.9 Å². The van der Waals surface area contributed by atoms with Gasteiger partial charge in [-0.25, -0.2) is 4.79 Å². The zero-order valence-electron chi connectivity index (χ0n) is 11.1. The van der Waals surface area contributed by atoms with Gasteiger partial charge in [-0.3, -0.25) is 4.79 Å². The van der Waals surface area contributed by atoms with Gasteiger partial charge in [-0.05, 0) is 29.8 Å². The maximum atomic E-state index is 12.0. The second-order valence-corrected chi connectivity index (χ2v) is 5.00. The van der Waals surface area contributed by atoms with Crippen LogP contribution in [0.4, 0.5) is 0 Å². The van der Waals surface area contributed by atoms with Gasteiger partial charge in [-0.2, -0.15) is 0 Å². The summed E-state index contributed by atoms with van der Waals surface area (Å²) < 4.78 is 0. The molecule has 4 nitrogen and oxygen atoms in total. The Morgan fingerprint density at radius 1 is 1.05 bits per heavy atom. The predicted octanol–water partition coefficient (Wildman–Crippen LogP) is 2.77. The van der Waals surface area contributed by atoms with E-state index >= 15 is 0 Å². The molecule has 0 heterocycles. The smallest absolute Gasteiger partial charge is 0.326 e. The Labute approximate surface area is 127 Å². The highest BCUT2D eigenvalue weighted by Gasteiger charge is 2.20. The first kappa shape index (κ1) is 15.1.